The van der Waals surface area contributed by atoms with Gasteiger partial charge in [-0.15, -0.1) is 0 Å². The van der Waals surface area contributed by atoms with Crippen molar-refractivity contribution < 1.29 is 4.74 Å². The largest absolute Gasteiger partial charge is 0.493 e. The molecule has 1 heterocycles. The molecule has 0 aromatic heterocycles. The molecule has 1 aliphatic heterocycles. The summed E-state index contributed by atoms with van der Waals surface area (Å²) < 4.78 is 5.79. The zero-order chi connectivity index (χ0) is 14.6. The molecule has 0 aliphatic carbocycles. The minimum Gasteiger partial charge on any atom is -0.493 e. The van der Waals surface area contributed by atoms with Crippen molar-refractivity contribution in [2.24, 2.45) is 11.3 Å². The Kier molecular flexibility index (Phi) is 5.25. The molecule has 112 valence electrons. The average Bonchev–Trinajstić information content (AvgIpc) is 2.35. The van der Waals surface area contributed by atoms with Crippen molar-refractivity contribution >= 4 is 17.4 Å². The molecule has 0 bridgehead atoms. The highest BCUT2D eigenvalue weighted by molar-refractivity contribution is 7.99. The second-order valence-electron chi connectivity index (χ2n) is 6.96. The molecule has 1 N–H and O–H groups in total. The summed E-state index contributed by atoms with van der Waals surface area (Å²) in [5.74, 6) is 3.98. The molecular formula is C17H27NOS. The molecule has 1 saturated heterocycles. The quantitative estimate of drug-likeness (QED) is 0.852. The SMILES string of the molecule is CC(C)COc1cccc(NC2CSCC(C)(C)C2)c1. The lowest BCUT2D eigenvalue weighted by atomic mass is 9.88. The van der Waals surface area contributed by atoms with E-state index in [1.165, 1.54) is 23.6 Å². The minimum absolute atomic E-state index is 0.437. The maximum absolute atomic E-state index is 5.79. The first-order valence-corrected chi connectivity index (χ1v) is 8.67. The van der Waals surface area contributed by atoms with Crippen molar-refractivity contribution in [1.82, 2.24) is 0 Å². The molecule has 2 nitrogen and oxygen atoms in total. The highest BCUT2D eigenvalue weighted by Crippen LogP contribution is 2.35. The second-order valence-corrected chi connectivity index (χ2v) is 7.99. The van der Waals surface area contributed by atoms with E-state index >= 15 is 0 Å². The summed E-state index contributed by atoms with van der Waals surface area (Å²) in [6.07, 6.45) is 1.23. The van der Waals surface area contributed by atoms with Gasteiger partial charge < -0.3 is 10.1 Å². The van der Waals surface area contributed by atoms with Crippen LogP contribution in [0.5, 0.6) is 5.75 Å². The maximum Gasteiger partial charge on any atom is 0.121 e. The molecule has 1 atom stereocenters. The molecule has 1 aliphatic rings. The third kappa shape index (κ3) is 4.93. The zero-order valence-corrected chi connectivity index (χ0v) is 13.9. The van der Waals surface area contributed by atoms with Gasteiger partial charge in [-0.2, -0.15) is 11.8 Å². The van der Waals surface area contributed by atoms with Gasteiger partial charge in [-0.1, -0.05) is 33.8 Å². The van der Waals surface area contributed by atoms with Crippen LogP contribution in [0.15, 0.2) is 24.3 Å². The molecule has 0 spiro atoms. The highest BCUT2D eigenvalue weighted by Gasteiger charge is 2.28. The average molecular weight is 293 g/mol. The number of rotatable bonds is 5. The monoisotopic (exact) mass is 293 g/mol. The van der Waals surface area contributed by atoms with E-state index in [1.54, 1.807) is 0 Å². The Bertz CT molecular complexity index is 431. The lowest BCUT2D eigenvalue weighted by molar-refractivity contribution is 0.271. The van der Waals surface area contributed by atoms with Gasteiger partial charge in [-0.25, -0.2) is 0 Å². The van der Waals surface area contributed by atoms with Crippen molar-refractivity contribution in [1.29, 1.82) is 0 Å². The van der Waals surface area contributed by atoms with Crippen LogP contribution in [0.3, 0.4) is 0 Å². The van der Waals surface area contributed by atoms with Crippen LogP contribution in [0, 0.1) is 11.3 Å². The van der Waals surface area contributed by atoms with E-state index in [2.05, 4.69) is 63.0 Å². The van der Waals surface area contributed by atoms with Gasteiger partial charge in [-0.05, 0) is 35.6 Å². The third-order valence-corrected chi connectivity index (χ3v) is 5.02. The molecule has 0 saturated carbocycles. The molecule has 1 aromatic carbocycles. The van der Waals surface area contributed by atoms with E-state index in [4.69, 9.17) is 4.74 Å². The summed E-state index contributed by atoms with van der Waals surface area (Å²) >= 11 is 2.05. The first kappa shape index (κ1) is 15.6. The molecule has 0 radical (unpaired) electrons. The van der Waals surface area contributed by atoms with Crippen molar-refractivity contribution in [3.63, 3.8) is 0 Å². The van der Waals surface area contributed by atoms with Gasteiger partial charge in [0.25, 0.3) is 0 Å². The molecule has 0 amide bonds. The summed E-state index contributed by atoms with van der Waals surface area (Å²) in [5, 5.41) is 3.66. The highest BCUT2D eigenvalue weighted by atomic mass is 32.2. The lowest BCUT2D eigenvalue weighted by Gasteiger charge is -2.35. The van der Waals surface area contributed by atoms with Gasteiger partial charge in [0.05, 0.1) is 6.61 Å². The fourth-order valence-electron chi connectivity index (χ4n) is 2.53. The van der Waals surface area contributed by atoms with Gasteiger partial charge in [0.2, 0.25) is 0 Å². The third-order valence-electron chi connectivity index (χ3n) is 3.40. The van der Waals surface area contributed by atoms with Crippen LogP contribution >= 0.6 is 11.8 Å². The Balaban J connectivity index is 1.93. The lowest BCUT2D eigenvalue weighted by Crippen LogP contribution is -2.35. The number of ether oxygens (including phenoxy) is 1. The predicted molar refractivity (Wildman–Crippen MR) is 89.9 cm³/mol. The Hall–Kier alpha value is -0.830. The molecular weight excluding hydrogens is 266 g/mol. The normalized spacial score (nSPS) is 21.8. The van der Waals surface area contributed by atoms with E-state index in [0.29, 0.717) is 17.4 Å². The minimum atomic E-state index is 0.437. The molecule has 1 unspecified atom stereocenters. The van der Waals surface area contributed by atoms with E-state index in [0.717, 1.165) is 12.4 Å². The molecule has 20 heavy (non-hydrogen) atoms. The predicted octanol–water partition coefficient (Wildman–Crippen LogP) is 4.67. The van der Waals surface area contributed by atoms with Crippen LogP contribution in [-0.4, -0.2) is 24.2 Å². The van der Waals surface area contributed by atoms with Crippen LogP contribution in [0.4, 0.5) is 5.69 Å². The number of thioether (sulfide) groups is 1. The van der Waals surface area contributed by atoms with Crippen LogP contribution < -0.4 is 10.1 Å². The Labute approximate surface area is 127 Å². The molecule has 2 rings (SSSR count). The van der Waals surface area contributed by atoms with Crippen molar-refractivity contribution in [3.8, 4) is 5.75 Å². The van der Waals surface area contributed by atoms with Crippen LogP contribution in [0.2, 0.25) is 0 Å². The fraction of sp³-hybridized carbons (Fsp3) is 0.647. The van der Waals surface area contributed by atoms with E-state index in [9.17, 15) is 0 Å². The van der Waals surface area contributed by atoms with E-state index < -0.39 is 0 Å². The summed E-state index contributed by atoms with van der Waals surface area (Å²) in [5.41, 5.74) is 1.61. The number of hydrogen-bond acceptors (Lipinski definition) is 3. The Morgan fingerprint density at radius 2 is 2.20 bits per heavy atom. The summed E-state index contributed by atoms with van der Waals surface area (Å²) in [7, 11) is 0. The summed E-state index contributed by atoms with van der Waals surface area (Å²) in [4.78, 5) is 0. The Morgan fingerprint density at radius 3 is 2.90 bits per heavy atom. The smallest absolute Gasteiger partial charge is 0.121 e. The topological polar surface area (TPSA) is 21.3 Å². The number of benzene rings is 1. The van der Waals surface area contributed by atoms with Crippen LogP contribution in [0.25, 0.3) is 0 Å². The number of anilines is 1. The van der Waals surface area contributed by atoms with Crippen molar-refractivity contribution in [2.75, 3.05) is 23.4 Å². The maximum atomic E-state index is 5.79. The Morgan fingerprint density at radius 1 is 1.40 bits per heavy atom. The van der Waals surface area contributed by atoms with Gasteiger partial charge in [0.1, 0.15) is 5.75 Å². The molecule has 1 fully saturated rings. The van der Waals surface area contributed by atoms with Crippen LogP contribution in [-0.2, 0) is 0 Å². The summed E-state index contributed by atoms with van der Waals surface area (Å²) in [6, 6.07) is 8.92. The van der Waals surface area contributed by atoms with Gasteiger partial charge in [-0.3, -0.25) is 0 Å². The van der Waals surface area contributed by atoms with Gasteiger partial charge in [0, 0.05) is 23.5 Å². The molecule has 3 heteroatoms. The first-order chi connectivity index (χ1) is 9.44. The van der Waals surface area contributed by atoms with Crippen molar-refractivity contribution in [3.05, 3.63) is 24.3 Å². The van der Waals surface area contributed by atoms with E-state index in [1.807, 2.05) is 6.07 Å². The standard InChI is InChI=1S/C17H27NOS/c1-13(2)10-19-16-7-5-6-14(8-16)18-15-9-17(3,4)12-20-11-15/h5-8,13,15,18H,9-12H2,1-4H3. The fourth-order valence-corrected chi connectivity index (χ4v) is 3.80. The number of nitrogens with one attached hydrogen (secondary N) is 1. The van der Waals surface area contributed by atoms with Crippen molar-refractivity contribution in [2.45, 2.75) is 40.2 Å². The van der Waals surface area contributed by atoms with Gasteiger partial charge >= 0.3 is 0 Å². The summed E-state index contributed by atoms with van der Waals surface area (Å²) in [6.45, 7) is 9.83. The second kappa shape index (κ2) is 6.75. The van der Waals surface area contributed by atoms with Gasteiger partial charge in [0.15, 0.2) is 0 Å². The van der Waals surface area contributed by atoms with Crippen LogP contribution in [0.1, 0.15) is 34.1 Å². The zero-order valence-electron chi connectivity index (χ0n) is 13.1. The first-order valence-electron chi connectivity index (χ1n) is 7.52. The molecule has 1 aromatic rings. The number of hydrogen-bond donors (Lipinski definition) is 1. The van der Waals surface area contributed by atoms with E-state index in [-0.39, 0.29) is 0 Å².